The SMILES string of the molecule is CNC(=O)O[C@@H]1C(C(C)(C)C)C23C(OC(=O)[C@@H]2OCc2ccccc2)OC24C(=O)OC1C32C(O)C1OC(=O)[C@@H](C)[C@@]14O. The van der Waals surface area contributed by atoms with Crippen LogP contribution in [0, 0.1) is 28.1 Å². The van der Waals surface area contributed by atoms with Crippen molar-refractivity contribution in [2.45, 2.75) is 82.3 Å². The molecule has 4 heterocycles. The number of aliphatic hydroxyl groups excluding tert-OH is 1. The van der Waals surface area contributed by atoms with Gasteiger partial charge in [-0.1, -0.05) is 51.1 Å². The molecule has 1 aromatic rings. The van der Waals surface area contributed by atoms with Gasteiger partial charge in [0, 0.05) is 13.0 Å². The molecule has 2 saturated carbocycles. The van der Waals surface area contributed by atoms with E-state index in [1.807, 2.05) is 39.0 Å². The van der Waals surface area contributed by atoms with E-state index in [4.69, 9.17) is 28.4 Å². The van der Waals surface area contributed by atoms with Gasteiger partial charge in [-0.15, -0.1) is 0 Å². The van der Waals surface area contributed by atoms with E-state index in [1.165, 1.54) is 14.0 Å². The number of fused-ring (bicyclic) bond motifs is 1. The number of ether oxygens (including phenoxy) is 6. The lowest BCUT2D eigenvalue weighted by atomic mass is 9.51. The molecule has 4 aliphatic heterocycles. The normalized spacial score (nSPS) is 47.7. The smallest absolute Gasteiger partial charge is 0.407 e. The summed E-state index contributed by atoms with van der Waals surface area (Å²) in [5.74, 6) is -4.96. The predicted octanol–water partition coefficient (Wildman–Crippen LogP) is 0.190. The monoisotopic (exact) mass is 587 g/mol. The number of hydrogen-bond donors (Lipinski definition) is 3. The predicted molar refractivity (Wildman–Crippen MR) is 136 cm³/mol. The van der Waals surface area contributed by atoms with Crippen molar-refractivity contribution in [1.82, 2.24) is 5.32 Å². The third-order valence-corrected chi connectivity index (χ3v) is 10.6. The van der Waals surface area contributed by atoms with Crippen LogP contribution in [-0.4, -0.2) is 89.3 Å². The second kappa shape index (κ2) is 8.22. The van der Waals surface area contributed by atoms with Crippen LogP contribution in [-0.2, 0) is 49.4 Å². The van der Waals surface area contributed by atoms with Crippen LogP contribution in [0.5, 0.6) is 0 Å². The average Bonchev–Trinajstić information content (AvgIpc) is 3.64. The highest BCUT2D eigenvalue weighted by Gasteiger charge is 3.05. The van der Waals surface area contributed by atoms with Gasteiger partial charge in [-0.25, -0.2) is 14.4 Å². The molecule has 12 atom stereocenters. The first kappa shape index (κ1) is 27.6. The lowest BCUT2D eigenvalue weighted by Gasteiger charge is -2.48. The van der Waals surface area contributed by atoms with E-state index in [9.17, 15) is 29.4 Å². The third-order valence-electron chi connectivity index (χ3n) is 10.6. The van der Waals surface area contributed by atoms with Crippen LogP contribution in [0.2, 0.25) is 0 Å². The maximum atomic E-state index is 14.1. The fourth-order valence-corrected chi connectivity index (χ4v) is 9.47. The van der Waals surface area contributed by atoms with Crippen molar-refractivity contribution in [3.8, 4) is 0 Å². The largest absolute Gasteiger partial charge is 0.456 e. The molecule has 7 rings (SSSR count). The summed E-state index contributed by atoms with van der Waals surface area (Å²) in [6, 6.07) is 9.06. The zero-order valence-corrected chi connectivity index (χ0v) is 23.7. The van der Waals surface area contributed by atoms with E-state index < -0.39 is 100 Å². The summed E-state index contributed by atoms with van der Waals surface area (Å²) in [5.41, 5.74) is -8.68. The van der Waals surface area contributed by atoms with Gasteiger partial charge in [-0.3, -0.25) is 4.79 Å². The summed E-state index contributed by atoms with van der Waals surface area (Å²) in [6.45, 7) is 6.86. The molecule has 4 saturated heterocycles. The van der Waals surface area contributed by atoms with E-state index in [0.717, 1.165) is 5.56 Å². The van der Waals surface area contributed by atoms with Gasteiger partial charge in [0.2, 0.25) is 11.9 Å². The number of hydrogen-bond acceptors (Lipinski definition) is 12. The molecule has 42 heavy (non-hydrogen) atoms. The number of esters is 3. The average molecular weight is 588 g/mol. The molecule has 0 aromatic heterocycles. The Balaban J connectivity index is 1.51. The Bertz CT molecular complexity index is 1390. The molecule has 6 fully saturated rings. The number of nitrogens with one attached hydrogen (secondary N) is 1. The number of aliphatic hydroxyl groups is 2. The van der Waals surface area contributed by atoms with Crippen molar-refractivity contribution in [3.05, 3.63) is 35.9 Å². The minimum absolute atomic E-state index is 0.0510. The van der Waals surface area contributed by atoms with Crippen LogP contribution in [0.1, 0.15) is 33.3 Å². The maximum Gasteiger partial charge on any atom is 0.407 e. The highest BCUT2D eigenvalue weighted by atomic mass is 16.8. The molecule has 6 aliphatic rings. The summed E-state index contributed by atoms with van der Waals surface area (Å²) in [4.78, 5) is 53.4. The number of carbonyl (C=O) groups excluding carboxylic acids is 4. The lowest BCUT2D eigenvalue weighted by Crippen LogP contribution is -2.67. The fraction of sp³-hybridized carbons (Fsp3) is 0.655. The molecule has 0 bridgehead atoms. The van der Waals surface area contributed by atoms with Gasteiger partial charge in [0.05, 0.1) is 23.4 Å². The van der Waals surface area contributed by atoms with Gasteiger partial charge < -0.3 is 44.0 Å². The molecule has 226 valence electrons. The number of carbonyl (C=O) groups is 4. The second-order valence-corrected chi connectivity index (χ2v) is 13.2. The van der Waals surface area contributed by atoms with Crippen LogP contribution in [0.15, 0.2) is 30.3 Å². The number of amides is 1. The van der Waals surface area contributed by atoms with Crippen molar-refractivity contribution in [2.24, 2.45) is 28.1 Å². The zero-order valence-electron chi connectivity index (χ0n) is 23.7. The Labute approximate surface area is 240 Å². The van der Waals surface area contributed by atoms with Gasteiger partial charge in [0.1, 0.15) is 12.2 Å². The van der Waals surface area contributed by atoms with Crippen LogP contribution in [0.25, 0.3) is 0 Å². The molecular formula is C29H33NO12. The maximum absolute atomic E-state index is 14.1. The van der Waals surface area contributed by atoms with Gasteiger partial charge in [-0.2, -0.15) is 0 Å². The molecule has 1 aromatic carbocycles. The van der Waals surface area contributed by atoms with Gasteiger partial charge in [0.25, 0.3) is 0 Å². The Morgan fingerprint density at radius 1 is 1.05 bits per heavy atom. The van der Waals surface area contributed by atoms with Crippen molar-refractivity contribution in [3.63, 3.8) is 0 Å². The molecule has 2 aliphatic carbocycles. The number of alkyl carbamates (subject to hydrolysis) is 1. The minimum atomic E-state index is -2.43. The lowest BCUT2D eigenvalue weighted by molar-refractivity contribution is -0.240. The van der Waals surface area contributed by atoms with E-state index in [0.29, 0.717) is 0 Å². The molecule has 13 heteroatoms. The van der Waals surface area contributed by atoms with Crippen molar-refractivity contribution in [1.29, 1.82) is 0 Å². The molecule has 8 unspecified atom stereocenters. The van der Waals surface area contributed by atoms with Crippen LogP contribution < -0.4 is 5.32 Å². The van der Waals surface area contributed by atoms with Gasteiger partial charge in [-0.05, 0) is 17.9 Å². The summed E-state index contributed by atoms with van der Waals surface area (Å²) in [7, 11) is 1.37. The topological polar surface area (TPSA) is 176 Å². The summed E-state index contributed by atoms with van der Waals surface area (Å²) in [6.07, 6.45) is -9.94. The Morgan fingerprint density at radius 2 is 1.74 bits per heavy atom. The Morgan fingerprint density at radius 3 is 2.38 bits per heavy atom. The van der Waals surface area contributed by atoms with Crippen molar-refractivity contribution >= 4 is 24.0 Å². The van der Waals surface area contributed by atoms with E-state index in [1.54, 1.807) is 12.1 Å². The zero-order chi connectivity index (χ0) is 30.2. The van der Waals surface area contributed by atoms with Crippen LogP contribution >= 0.6 is 0 Å². The molecule has 0 radical (unpaired) electrons. The quantitative estimate of drug-likeness (QED) is 0.323. The van der Waals surface area contributed by atoms with Crippen LogP contribution in [0.4, 0.5) is 4.79 Å². The van der Waals surface area contributed by atoms with Crippen molar-refractivity contribution < 1.29 is 57.8 Å². The first-order chi connectivity index (χ1) is 19.8. The third kappa shape index (κ3) is 2.62. The highest BCUT2D eigenvalue weighted by Crippen LogP contribution is 2.85. The van der Waals surface area contributed by atoms with Gasteiger partial charge in [0.15, 0.2) is 23.9 Å². The summed E-state index contributed by atoms with van der Waals surface area (Å²) in [5, 5.41) is 27.1. The fourth-order valence-electron chi connectivity index (χ4n) is 9.47. The van der Waals surface area contributed by atoms with Crippen LogP contribution in [0.3, 0.4) is 0 Å². The minimum Gasteiger partial charge on any atom is -0.456 e. The standard InChI is InChI=1S/C29H33NO12/c1-12-20(32)39-18-16(31)27-17-14(38-24(35)30-5)15(25(2,3)4)26(27)19(37-11-13-9-7-6-8-10-13)21(33)41-23(26)42-29(27,22(34)40-17)28(12,18)36/h6-10,12,14-19,23,31,36H,11H2,1-5H3,(H,30,35)/t12-,14-,15?,16?,17?,18?,19+,23?,26?,27?,28-,29?/m1/s1. The van der Waals surface area contributed by atoms with E-state index in [-0.39, 0.29) is 6.61 Å². The van der Waals surface area contributed by atoms with Gasteiger partial charge >= 0.3 is 24.0 Å². The first-order valence-electron chi connectivity index (χ1n) is 14.0. The molecular weight excluding hydrogens is 554 g/mol. The second-order valence-electron chi connectivity index (χ2n) is 13.2. The molecule has 2 spiro atoms. The number of benzene rings is 1. The molecule has 3 N–H and O–H groups in total. The Hall–Kier alpha value is -3.26. The van der Waals surface area contributed by atoms with E-state index >= 15 is 0 Å². The molecule has 1 amide bonds. The number of rotatable bonds is 4. The van der Waals surface area contributed by atoms with E-state index in [2.05, 4.69) is 5.32 Å². The highest BCUT2D eigenvalue weighted by molar-refractivity contribution is 5.94. The summed E-state index contributed by atoms with van der Waals surface area (Å²) < 4.78 is 36.0. The van der Waals surface area contributed by atoms with Crippen molar-refractivity contribution in [2.75, 3.05) is 7.05 Å². The Kier molecular flexibility index (Phi) is 5.39. The first-order valence-corrected chi connectivity index (χ1v) is 14.0. The molecule has 13 nitrogen and oxygen atoms in total. The summed E-state index contributed by atoms with van der Waals surface area (Å²) >= 11 is 0.